The van der Waals surface area contributed by atoms with Crippen molar-refractivity contribution in [2.45, 2.75) is 0 Å². The van der Waals surface area contributed by atoms with Crippen LogP contribution >= 0.6 is 0 Å². The van der Waals surface area contributed by atoms with Gasteiger partial charge in [-0.1, -0.05) is 42.5 Å². The molecule has 6 heteroatoms. The molecule has 3 N–H and O–H groups in total. The third kappa shape index (κ3) is 3.92. The summed E-state index contributed by atoms with van der Waals surface area (Å²) in [6, 6.07) is 20.2. The Morgan fingerprint density at radius 2 is 1.54 bits per heavy atom. The first-order valence-corrected chi connectivity index (χ1v) is 8.13. The maximum absolute atomic E-state index is 12.4. The van der Waals surface area contributed by atoms with Crippen LogP contribution in [0.3, 0.4) is 0 Å². The number of carbonyl (C=O) groups excluding carboxylic acids is 2. The molecule has 0 unspecified atom stereocenters. The minimum atomic E-state index is -0.392. The van der Waals surface area contributed by atoms with E-state index in [1.54, 1.807) is 19.2 Å². The van der Waals surface area contributed by atoms with Crippen LogP contribution in [0.15, 0.2) is 66.7 Å². The summed E-state index contributed by atoms with van der Waals surface area (Å²) in [5, 5.41) is 4.56. The van der Waals surface area contributed by atoms with Crippen LogP contribution in [0.2, 0.25) is 0 Å². The smallest absolute Gasteiger partial charge is 0.270 e. The lowest BCUT2D eigenvalue weighted by Gasteiger charge is -2.12. The summed E-state index contributed by atoms with van der Waals surface area (Å²) in [4.78, 5) is 24.4. The zero-order valence-corrected chi connectivity index (χ0v) is 14.3. The van der Waals surface area contributed by atoms with Crippen LogP contribution in [0.1, 0.15) is 10.4 Å². The molecule has 0 bridgehead atoms. The number of methoxy groups -OCH3 is 1. The molecule has 0 fully saturated rings. The predicted molar refractivity (Wildman–Crippen MR) is 101 cm³/mol. The Hall–Kier alpha value is -3.54. The van der Waals surface area contributed by atoms with Gasteiger partial charge in [-0.3, -0.25) is 20.4 Å². The van der Waals surface area contributed by atoms with E-state index in [1.165, 1.54) is 0 Å². The first kappa shape index (κ1) is 17.3. The quantitative estimate of drug-likeness (QED) is 0.619. The standard InChI is InChI=1S/C20H19N3O3/c1-26-18-12-11-17(15-9-5-6-10-16(15)18)20(25)23-22-19(24)13-21-14-7-3-2-4-8-14/h2-12,21H,13H2,1H3,(H,22,24)(H,23,25). The molecule has 0 aliphatic rings. The first-order chi connectivity index (χ1) is 12.7. The molecular weight excluding hydrogens is 330 g/mol. The summed E-state index contributed by atoms with van der Waals surface area (Å²) in [5.41, 5.74) is 6.14. The van der Waals surface area contributed by atoms with Gasteiger partial charge < -0.3 is 10.1 Å². The molecule has 0 aliphatic heterocycles. The maximum Gasteiger partial charge on any atom is 0.270 e. The molecule has 0 heterocycles. The fourth-order valence-electron chi connectivity index (χ4n) is 2.62. The fraction of sp³-hybridized carbons (Fsp3) is 0.100. The highest BCUT2D eigenvalue weighted by molar-refractivity contribution is 6.09. The molecule has 0 saturated carbocycles. The normalized spacial score (nSPS) is 10.2. The predicted octanol–water partition coefficient (Wildman–Crippen LogP) is 2.72. The third-order valence-corrected chi connectivity index (χ3v) is 3.89. The van der Waals surface area contributed by atoms with E-state index in [4.69, 9.17) is 4.74 Å². The molecule has 6 nitrogen and oxygen atoms in total. The van der Waals surface area contributed by atoms with Gasteiger partial charge in [0.1, 0.15) is 5.75 Å². The molecule has 3 aromatic carbocycles. The van der Waals surface area contributed by atoms with E-state index in [-0.39, 0.29) is 12.5 Å². The van der Waals surface area contributed by atoms with Gasteiger partial charge >= 0.3 is 0 Å². The van der Waals surface area contributed by atoms with Crippen LogP contribution in [0.4, 0.5) is 5.69 Å². The van der Waals surface area contributed by atoms with E-state index in [2.05, 4.69) is 16.2 Å². The number of hydrogen-bond acceptors (Lipinski definition) is 4. The molecule has 0 aromatic heterocycles. The van der Waals surface area contributed by atoms with Gasteiger partial charge in [0.05, 0.1) is 13.7 Å². The van der Waals surface area contributed by atoms with Gasteiger partial charge in [-0.25, -0.2) is 0 Å². The second kappa shape index (κ2) is 8.02. The summed E-state index contributed by atoms with van der Waals surface area (Å²) >= 11 is 0. The van der Waals surface area contributed by atoms with Crippen molar-refractivity contribution in [2.75, 3.05) is 19.0 Å². The monoisotopic (exact) mass is 349 g/mol. The zero-order valence-electron chi connectivity index (χ0n) is 14.3. The molecule has 3 aromatic rings. The lowest BCUT2D eigenvalue weighted by atomic mass is 10.0. The second-order valence-electron chi connectivity index (χ2n) is 5.58. The molecule has 132 valence electrons. The SMILES string of the molecule is COc1ccc(C(=O)NNC(=O)CNc2ccccc2)c2ccccc12. The van der Waals surface area contributed by atoms with E-state index < -0.39 is 5.91 Å². The summed E-state index contributed by atoms with van der Waals surface area (Å²) in [7, 11) is 1.58. The Kier molecular flexibility index (Phi) is 5.34. The Morgan fingerprint density at radius 1 is 0.846 bits per heavy atom. The number of amides is 2. The second-order valence-corrected chi connectivity index (χ2v) is 5.58. The number of nitrogens with one attached hydrogen (secondary N) is 3. The average Bonchev–Trinajstić information content (AvgIpc) is 2.70. The molecule has 26 heavy (non-hydrogen) atoms. The highest BCUT2D eigenvalue weighted by Gasteiger charge is 2.13. The summed E-state index contributed by atoms with van der Waals surface area (Å²) < 4.78 is 5.32. The van der Waals surface area contributed by atoms with Crippen molar-refractivity contribution >= 4 is 28.3 Å². The van der Waals surface area contributed by atoms with Gasteiger partial charge in [-0.05, 0) is 29.7 Å². The number of para-hydroxylation sites is 1. The third-order valence-electron chi connectivity index (χ3n) is 3.89. The van der Waals surface area contributed by atoms with Crippen LogP contribution in [-0.4, -0.2) is 25.5 Å². The van der Waals surface area contributed by atoms with Gasteiger partial charge in [-0.2, -0.15) is 0 Å². The topological polar surface area (TPSA) is 79.5 Å². The van der Waals surface area contributed by atoms with Crippen LogP contribution in [0.25, 0.3) is 10.8 Å². The van der Waals surface area contributed by atoms with Crippen LogP contribution < -0.4 is 20.9 Å². The van der Waals surface area contributed by atoms with Gasteiger partial charge in [0.25, 0.3) is 11.8 Å². The Labute approximate surface area is 151 Å². The molecule has 0 aliphatic carbocycles. The Balaban J connectivity index is 1.63. The summed E-state index contributed by atoms with van der Waals surface area (Å²) in [5.74, 6) is -0.0508. The minimum absolute atomic E-state index is 0.0493. The largest absolute Gasteiger partial charge is 0.496 e. The van der Waals surface area contributed by atoms with Gasteiger partial charge in [-0.15, -0.1) is 0 Å². The van der Waals surface area contributed by atoms with E-state index in [0.717, 1.165) is 16.5 Å². The molecule has 0 radical (unpaired) electrons. The van der Waals surface area contributed by atoms with Gasteiger partial charge in [0.15, 0.2) is 0 Å². The number of fused-ring (bicyclic) bond motifs is 1. The summed E-state index contributed by atoms with van der Waals surface area (Å²) in [6.07, 6.45) is 0. The molecule has 0 saturated heterocycles. The zero-order chi connectivity index (χ0) is 18.4. The maximum atomic E-state index is 12.4. The lowest BCUT2D eigenvalue weighted by Crippen LogP contribution is -2.44. The highest BCUT2D eigenvalue weighted by atomic mass is 16.5. The number of carbonyl (C=O) groups is 2. The van der Waals surface area contributed by atoms with Crippen LogP contribution in [0.5, 0.6) is 5.75 Å². The molecule has 2 amide bonds. The van der Waals surface area contributed by atoms with Crippen LogP contribution in [-0.2, 0) is 4.79 Å². The fourth-order valence-corrected chi connectivity index (χ4v) is 2.62. The van der Waals surface area contributed by atoms with Gasteiger partial charge in [0.2, 0.25) is 0 Å². The van der Waals surface area contributed by atoms with Gasteiger partial charge in [0, 0.05) is 16.6 Å². The van der Waals surface area contributed by atoms with Crippen molar-refractivity contribution in [1.82, 2.24) is 10.9 Å². The number of anilines is 1. The van der Waals surface area contributed by atoms with Crippen molar-refractivity contribution < 1.29 is 14.3 Å². The number of rotatable bonds is 5. The van der Waals surface area contributed by atoms with Crippen LogP contribution in [0, 0.1) is 0 Å². The van der Waals surface area contributed by atoms with E-state index >= 15 is 0 Å². The van der Waals surface area contributed by atoms with Crippen molar-refractivity contribution in [2.24, 2.45) is 0 Å². The van der Waals surface area contributed by atoms with E-state index in [0.29, 0.717) is 11.3 Å². The lowest BCUT2D eigenvalue weighted by molar-refractivity contribution is -0.120. The molecule has 0 atom stereocenters. The Bertz CT molecular complexity index is 926. The average molecular weight is 349 g/mol. The molecule has 0 spiro atoms. The van der Waals surface area contributed by atoms with Crippen molar-refractivity contribution in [3.05, 3.63) is 72.3 Å². The van der Waals surface area contributed by atoms with Crippen molar-refractivity contribution in [1.29, 1.82) is 0 Å². The number of ether oxygens (including phenoxy) is 1. The van der Waals surface area contributed by atoms with Crippen molar-refractivity contribution in [3.63, 3.8) is 0 Å². The van der Waals surface area contributed by atoms with E-state index in [9.17, 15) is 9.59 Å². The highest BCUT2D eigenvalue weighted by Crippen LogP contribution is 2.28. The Morgan fingerprint density at radius 3 is 2.27 bits per heavy atom. The number of benzene rings is 3. The molecule has 3 rings (SSSR count). The van der Waals surface area contributed by atoms with E-state index in [1.807, 2.05) is 54.6 Å². The summed E-state index contributed by atoms with van der Waals surface area (Å²) in [6.45, 7) is 0.0493. The molecular formula is C20H19N3O3. The minimum Gasteiger partial charge on any atom is -0.496 e. The first-order valence-electron chi connectivity index (χ1n) is 8.13. The number of hydrogen-bond donors (Lipinski definition) is 3. The number of hydrazine groups is 1. The van der Waals surface area contributed by atoms with Crippen molar-refractivity contribution in [3.8, 4) is 5.75 Å².